The molecular weight excluding hydrogens is 218 g/mol. The molecular formula is C13H27NO3. The molecule has 17 heavy (non-hydrogen) atoms. The third kappa shape index (κ3) is 10.3. The SMILES string of the molecule is CCCCOCCCN(CCC(=O)O)C(C)C. The molecule has 1 N–H and O–H groups in total. The van der Waals surface area contributed by atoms with Crippen molar-refractivity contribution >= 4 is 5.97 Å². The van der Waals surface area contributed by atoms with E-state index >= 15 is 0 Å². The van der Waals surface area contributed by atoms with E-state index in [1.165, 1.54) is 0 Å². The van der Waals surface area contributed by atoms with E-state index < -0.39 is 5.97 Å². The third-order valence-corrected chi connectivity index (χ3v) is 2.72. The Morgan fingerprint density at radius 3 is 2.41 bits per heavy atom. The molecule has 102 valence electrons. The second-order valence-corrected chi connectivity index (χ2v) is 4.59. The number of nitrogens with zero attached hydrogens (tertiary/aromatic N) is 1. The van der Waals surface area contributed by atoms with E-state index in [9.17, 15) is 4.79 Å². The summed E-state index contributed by atoms with van der Waals surface area (Å²) in [7, 11) is 0. The van der Waals surface area contributed by atoms with Crippen LogP contribution < -0.4 is 0 Å². The van der Waals surface area contributed by atoms with Crippen molar-refractivity contribution < 1.29 is 14.6 Å². The van der Waals surface area contributed by atoms with Gasteiger partial charge in [0.15, 0.2) is 0 Å². The molecule has 0 rings (SSSR count). The molecule has 0 aliphatic carbocycles. The molecule has 0 atom stereocenters. The predicted octanol–water partition coefficient (Wildman–Crippen LogP) is 2.38. The molecule has 0 aliphatic heterocycles. The van der Waals surface area contributed by atoms with Crippen molar-refractivity contribution in [2.45, 2.75) is 52.5 Å². The van der Waals surface area contributed by atoms with Crippen LogP contribution in [0.3, 0.4) is 0 Å². The fourth-order valence-corrected chi connectivity index (χ4v) is 1.59. The summed E-state index contributed by atoms with van der Waals surface area (Å²) in [6, 6.07) is 0.394. The number of unbranched alkanes of at least 4 members (excludes halogenated alkanes) is 1. The van der Waals surface area contributed by atoms with E-state index in [1.54, 1.807) is 0 Å². The zero-order valence-corrected chi connectivity index (χ0v) is 11.4. The molecule has 0 saturated heterocycles. The second kappa shape index (κ2) is 10.5. The van der Waals surface area contributed by atoms with Crippen LogP contribution in [-0.2, 0) is 9.53 Å². The Labute approximate surface area is 105 Å². The van der Waals surface area contributed by atoms with Gasteiger partial charge in [0.05, 0.1) is 6.42 Å². The third-order valence-electron chi connectivity index (χ3n) is 2.72. The zero-order valence-electron chi connectivity index (χ0n) is 11.4. The first kappa shape index (κ1) is 16.4. The number of carboxylic acid groups (broad SMARTS) is 1. The minimum Gasteiger partial charge on any atom is -0.481 e. The number of carboxylic acids is 1. The summed E-state index contributed by atoms with van der Waals surface area (Å²) in [5, 5.41) is 8.66. The number of carbonyl (C=O) groups is 1. The highest BCUT2D eigenvalue weighted by molar-refractivity contribution is 5.66. The molecule has 0 unspecified atom stereocenters. The van der Waals surface area contributed by atoms with Gasteiger partial charge < -0.3 is 14.7 Å². The van der Waals surface area contributed by atoms with E-state index in [2.05, 4.69) is 25.7 Å². The Morgan fingerprint density at radius 1 is 1.24 bits per heavy atom. The highest BCUT2D eigenvalue weighted by Crippen LogP contribution is 2.02. The van der Waals surface area contributed by atoms with Crippen molar-refractivity contribution in [2.75, 3.05) is 26.3 Å². The van der Waals surface area contributed by atoms with Crippen LogP contribution in [0.25, 0.3) is 0 Å². The molecule has 0 fully saturated rings. The first-order valence-corrected chi connectivity index (χ1v) is 6.61. The molecule has 0 aliphatic rings. The molecule has 0 amide bonds. The Bertz CT molecular complexity index is 195. The van der Waals surface area contributed by atoms with Gasteiger partial charge in [0.1, 0.15) is 0 Å². The molecule has 0 aromatic rings. The van der Waals surface area contributed by atoms with Gasteiger partial charge >= 0.3 is 5.97 Å². The molecule has 0 heterocycles. The maximum atomic E-state index is 10.5. The van der Waals surface area contributed by atoms with Gasteiger partial charge in [0, 0.05) is 32.3 Å². The van der Waals surface area contributed by atoms with Gasteiger partial charge in [-0.1, -0.05) is 13.3 Å². The van der Waals surface area contributed by atoms with Gasteiger partial charge in [-0.2, -0.15) is 0 Å². The number of hydrogen-bond donors (Lipinski definition) is 1. The highest BCUT2D eigenvalue weighted by Gasteiger charge is 2.10. The van der Waals surface area contributed by atoms with Gasteiger partial charge in [-0.05, 0) is 26.7 Å². The first-order valence-electron chi connectivity index (χ1n) is 6.61. The Hall–Kier alpha value is -0.610. The van der Waals surface area contributed by atoms with Crippen molar-refractivity contribution in [3.8, 4) is 0 Å². The van der Waals surface area contributed by atoms with E-state index in [-0.39, 0.29) is 6.42 Å². The Morgan fingerprint density at radius 2 is 1.88 bits per heavy atom. The minimum absolute atomic E-state index is 0.217. The summed E-state index contributed by atoms with van der Waals surface area (Å²) in [5.74, 6) is -0.727. The normalized spacial score (nSPS) is 11.4. The maximum absolute atomic E-state index is 10.5. The number of rotatable bonds is 11. The topological polar surface area (TPSA) is 49.8 Å². The van der Waals surface area contributed by atoms with E-state index in [0.717, 1.165) is 39.0 Å². The van der Waals surface area contributed by atoms with Crippen LogP contribution >= 0.6 is 0 Å². The lowest BCUT2D eigenvalue weighted by molar-refractivity contribution is -0.137. The molecule has 0 saturated carbocycles. The summed E-state index contributed by atoms with van der Waals surface area (Å²) < 4.78 is 5.49. The van der Waals surface area contributed by atoms with Gasteiger partial charge in [-0.15, -0.1) is 0 Å². The molecule has 0 spiro atoms. The Balaban J connectivity index is 3.59. The van der Waals surface area contributed by atoms with Crippen molar-refractivity contribution in [3.63, 3.8) is 0 Å². The lowest BCUT2D eigenvalue weighted by atomic mass is 10.2. The van der Waals surface area contributed by atoms with E-state index in [0.29, 0.717) is 12.6 Å². The van der Waals surface area contributed by atoms with Crippen LogP contribution in [-0.4, -0.2) is 48.3 Å². The van der Waals surface area contributed by atoms with Gasteiger partial charge in [-0.3, -0.25) is 4.79 Å². The fraction of sp³-hybridized carbons (Fsp3) is 0.923. The summed E-state index contributed by atoms with van der Waals surface area (Å²) in [4.78, 5) is 12.7. The Kier molecular flexibility index (Phi) is 10.2. The highest BCUT2D eigenvalue weighted by atomic mass is 16.5. The number of ether oxygens (including phenoxy) is 1. The average Bonchev–Trinajstić information content (AvgIpc) is 2.26. The summed E-state index contributed by atoms with van der Waals surface area (Å²) in [6.07, 6.45) is 3.47. The van der Waals surface area contributed by atoms with Gasteiger partial charge in [0.25, 0.3) is 0 Å². The van der Waals surface area contributed by atoms with Crippen LogP contribution in [0.5, 0.6) is 0 Å². The molecule has 0 aromatic carbocycles. The van der Waals surface area contributed by atoms with Crippen molar-refractivity contribution in [1.29, 1.82) is 0 Å². The zero-order chi connectivity index (χ0) is 13.1. The summed E-state index contributed by atoms with van der Waals surface area (Å²) in [5.41, 5.74) is 0. The van der Waals surface area contributed by atoms with Crippen LogP contribution in [0.1, 0.15) is 46.5 Å². The second-order valence-electron chi connectivity index (χ2n) is 4.59. The van der Waals surface area contributed by atoms with Gasteiger partial charge in [-0.25, -0.2) is 0 Å². The van der Waals surface area contributed by atoms with E-state index in [4.69, 9.17) is 9.84 Å². The van der Waals surface area contributed by atoms with E-state index in [1.807, 2.05) is 0 Å². The standard InChI is InChI=1S/C13H27NO3/c1-4-5-10-17-11-6-8-14(12(2)3)9-7-13(15)16/h12H,4-11H2,1-3H3,(H,15,16). The van der Waals surface area contributed by atoms with Crippen molar-refractivity contribution in [1.82, 2.24) is 4.90 Å². The monoisotopic (exact) mass is 245 g/mol. The molecule has 0 aromatic heterocycles. The molecule has 4 nitrogen and oxygen atoms in total. The van der Waals surface area contributed by atoms with Crippen LogP contribution in [0.15, 0.2) is 0 Å². The minimum atomic E-state index is -0.727. The lowest BCUT2D eigenvalue weighted by Gasteiger charge is -2.25. The molecule has 4 heteroatoms. The molecule has 0 bridgehead atoms. The van der Waals surface area contributed by atoms with Crippen molar-refractivity contribution in [3.05, 3.63) is 0 Å². The maximum Gasteiger partial charge on any atom is 0.304 e. The largest absolute Gasteiger partial charge is 0.481 e. The number of aliphatic carboxylic acids is 1. The summed E-state index contributed by atoms with van der Waals surface area (Å²) >= 11 is 0. The quantitative estimate of drug-likeness (QED) is 0.568. The number of hydrogen-bond acceptors (Lipinski definition) is 3. The average molecular weight is 245 g/mol. The van der Waals surface area contributed by atoms with Crippen LogP contribution in [0.2, 0.25) is 0 Å². The van der Waals surface area contributed by atoms with Gasteiger partial charge in [0.2, 0.25) is 0 Å². The van der Waals surface area contributed by atoms with Crippen LogP contribution in [0, 0.1) is 0 Å². The van der Waals surface area contributed by atoms with Crippen LogP contribution in [0.4, 0.5) is 0 Å². The fourth-order valence-electron chi connectivity index (χ4n) is 1.59. The smallest absolute Gasteiger partial charge is 0.304 e. The lowest BCUT2D eigenvalue weighted by Crippen LogP contribution is -2.34. The predicted molar refractivity (Wildman–Crippen MR) is 69.3 cm³/mol. The first-order chi connectivity index (χ1) is 8.07. The van der Waals surface area contributed by atoms with Crippen molar-refractivity contribution in [2.24, 2.45) is 0 Å². The summed E-state index contributed by atoms with van der Waals surface area (Å²) in [6.45, 7) is 9.50. The molecule has 0 radical (unpaired) electrons.